The van der Waals surface area contributed by atoms with Crippen molar-refractivity contribution in [2.75, 3.05) is 6.79 Å². The highest BCUT2D eigenvalue weighted by Crippen LogP contribution is 2.41. The summed E-state index contributed by atoms with van der Waals surface area (Å²) in [6.07, 6.45) is 0.762. The largest absolute Gasteiger partial charge is 0.456 e. The number of amides is 2. The number of nitrogens with one attached hydrogen (secondary N) is 1. The molecule has 0 fully saturated rings. The van der Waals surface area contributed by atoms with Crippen LogP contribution in [0.1, 0.15) is 25.8 Å². The average molecular weight is 408 g/mol. The van der Waals surface area contributed by atoms with Crippen LogP contribution in [0, 0.1) is 5.92 Å². The Hall–Kier alpha value is -3.48. The summed E-state index contributed by atoms with van der Waals surface area (Å²) < 4.78 is 17.1. The Morgan fingerprint density at radius 2 is 1.83 bits per heavy atom. The minimum atomic E-state index is -0.721. The minimum Gasteiger partial charge on any atom is -0.456 e. The van der Waals surface area contributed by atoms with Gasteiger partial charge in [-0.2, -0.15) is 0 Å². The maximum absolute atomic E-state index is 12.9. The van der Waals surface area contributed by atoms with Gasteiger partial charge in [0.25, 0.3) is 0 Å². The first-order valence-electron chi connectivity index (χ1n) is 9.97. The molecule has 3 aromatic rings. The van der Waals surface area contributed by atoms with E-state index < -0.39 is 11.9 Å². The lowest BCUT2D eigenvalue weighted by Gasteiger charge is -2.21. The summed E-state index contributed by atoms with van der Waals surface area (Å²) in [6.45, 7) is 3.99. The molecule has 2 amide bonds. The number of rotatable bonds is 7. The van der Waals surface area contributed by atoms with Crippen molar-refractivity contribution in [2.45, 2.75) is 32.7 Å². The lowest BCUT2D eigenvalue weighted by molar-refractivity contribution is -0.128. The highest BCUT2D eigenvalue weighted by atomic mass is 16.7. The third-order valence-corrected chi connectivity index (χ3v) is 5.50. The van der Waals surface area contributed by atoms with E-state index in [1.807, 2.05) is 50.2 Å². The van der Waals surface area contributed by atoms with Gasteiger partial charge in [0.1, 0.15) is 17.4 Å². The molecule has 0 saturated heterocycles. The van der Waals surface area contributed by atoms with Gasteiger partial charge in [0.05, 0.1) is 6.42 Å². The number of hydrogen-bond acceptors (Lipinski definition) is 5. The van der Waals surface area contributed by atoms with Gasteiger partial charge < -0.3 is 24.9 Å². The fourth-order valence-electron chi connectivity index (χ4n) is 3.65. The number of carbonyl (C=O) groups is 2. The predicted octanol–water partition coefficient (Wildman–Crippen LogP) is 3.39. The molecular weight excluding hydrogens is 384 g/mol. The molecule has 0 saturated carbocycles. The van der Waals surface area contributed by atoms with Gasteiger partial charge in [0, 0.05) is 22.6 Å². The number of hydrogen-bond donors (Lipinski definition) is 2. The second-order valence-corrected chi connectivity index (χ2v) is 7.49. The number of ether oxygens (including phenoxy) is 2. The van der Waals surface area contributed by atoms with Crippen LogP contribution in [0.15, 0.2) is 46.9 Å². The lowest BCUT2D eigenvalue weighted by atomic mass is 9.97. The third-order valence-electron chi connectivity index (χ3n) is 5.50. The first kappa shape index (κ1) is 19.8. The van der Waals surface area contributed by atoms with Crippen LogP contribution in [0.5, 0.6) is 11.5 Å². The van der Waals surface area contributed by atoms with Crippen molar-refractivity contribution in [3.8, 4) is 22.8 Å². The quantitative estimate of drug-likeness (QED) is 0.624. The van der Waals surface area contributed by atoms with Gasteiger partial charge in [-0.05, 0) is 12.0 Å². The number of furan rings is 1. The van der Waals surface area contributed by atoms with Gasteiger partial charge in [-0.15, -0.1) is 0 Å². The van der Waals surface area contributed by atoms with Crippen LogP contribution < -0.4 is 20.5 Å². The van der Waals surface area contributed by atoms with Crippen LogP contribution in [0.4, 0.5) is 0 Å². The highest BCUT2D eigenvalue weighted by molar-refractivity contribution is 5.96. The second-order valence-electron chi connectivity index (χ2n) is 7.49. The molecule has 2 aromatic carbocycles. The topological polar surface area (TPSA) is 104 Å². The molecule has 156 valence electrons. The summed E-state index contributed by atoms with van der Waals surface area (Å²) in [5.41, 5.74) is 7.69. The third kappa shape index (κ3) is 3.70. The van der Waals surface area contributed by atoms with E-state index in [-0.39, 0.29) is 25.0 Å². The van der Waals surface area contributed by atoms with E-state index in [0.29, 0.717) is 22.8 Å². The number of benzene rings is 2. The monoisotopic (exact) mass is 408 g/mol. The van der Waals surface area contributed by atoms with E-state index in [0.717, 1.165) is 22.9 Å². The average Bonchev–Trinajstić information content (AvgIpc) is 3.34. The van der Waals surface area contributed by atoms with E-state index in [4.69, 9.17) is 19.6 Å². The van der Waals surface area contributed by atoms with Crippen molar-refractivity contribution in [3.05, 3.63) is 48.0 Å². The number of primary amides is 1. The van der Waals surface area contributed by atoms with Crippen molar-refractivity contribution in [2.24, 2.45) is 11.7 Å². The Labute approximate surface area is 174 Å². The molecule has 1 aliphatic rings. The van der Waals surface area contributed by atoms with Crippen LogP contribution in [0.3, 0.4) is 0 Å². The molecule has 4 rings (SSSR count). The van der Waals surface area contributed by atoms with Crippen molar-refractivity contribution >= 4 is 22.8 Å². The van der Waals surface area contributed by atoms with Gasteiger partial charge in [-0.3, -0.25) is 9.59 Å². The summed E-state index contributed by atoms with van der Waals surface area (Å²) in [6, 6.07) is 12.5. The van der Waals surface area contributed by atoms with E-state index >= 15 is 0 Å². The fraction of sp³-hybridized carbons (Fsp3) is 0.304. The van der Waals surface area contributed by atoms with E-state index in [1.54, 1.807) is 6.07 Å². The Balaban J connectivity index is 1.73. The number of carbonyl (C=O) groups excluding carboxylic acids is 2. The predicted molar refractivity (Wildman–Crippen MR) is 112 cm³/mol. The summed E-state index contributed by atoms with van der Waals surface area (Å²) in [4.78, 5) is 24.7. The molecule has 0 bridgehead atoms. The van der Waals surface area contributed by atoms with Crippen molar-refractivity contribution in [1.29, 1.82) is 0 Å². The Morgan fingerprint density at radius 3 is 2.50 bits per heavy atom. The van der Waals surface area contributed by atoms with Crippen LogP contribution in [0.2, 0.25) is 0 Å². The van der Waals surface area contributed by atoms with Gasteiger partial charge >= 0.3 is 0 Å². The molecule has 0 spiro atoms. The van der Waals surface area contributed by atoms with Crippen molar-refractivity contribution < 1.29 is 23.5 Å². The Morgan fingerprint density at radius 1 is 1.13 bits per heavy atom. The van der Waals surface area contributed by atoms with Crippen LogP contribution in [-0.2, 0) is 16.0 Å². The standard InChI is InChI=1S/C23H24N2O5/c1-3-13(2)21(23(24)27)25-20(26)10-16-15-9-18-19(29-12-28-18)11-17(15)30-22(16)14-7-5-4-6-8-14/h4-9,11,13,21H,3,10,12H2,1-2H3,(H2,24,27)(H,25,26)/t13-,21-/m0/s1. The molecule has 2 heterocycles. The number of fused-ring (bicyclic) bond motifs is 2. The molecule has 0 aliphatic carbocycles. The van der Waals surface area contributed by atoms with Crippen LogP contribution in [0.25, 0.3) is 22.3 Å². The summed E-state index contributed by atoms with van der Waals surface area (Å²) in [7, 11) is 0. The highest BCUT2D eigenvalue weighted by Gasteiger charge is 2.27. The van der Waals surface area contributed by atoms with E-state index in [1.165, 1.54) is 0 Å². The minimum absolute atomic E-state index is 0.0388. The normalized spacial score (nSPS) is 14.5. The molecule has 1 aliphatic heterocycles. The SMILES string of the molecule is CC[C@H](C)[C@H](NC(=O)Cc1c(-c2ccccc2)oc2cc3c(cc12)OCO3)C(N)=O. The zero-order valence-electron chi connectivity index (χ0n) is 16.9. The molecule has 1 aromatic heterocycles. The van der Waals surface area contributed by atoms with Crippen LogP contribution in [-0.4, -0.2) is 24.6 Å². The summed E-state index contributed by atoms with van der Waals surface area (Å²) in [5, 5.41) is 3.56. The molecule has 0 unspecified atom stereocenters. The van der Waals surface area contributed by atoms with Crippen LogP contribution >= 0.6 is 0 Å². The summed E-state index contributed by atoms with van der Waals surface area (Å²) >= 11 is 0. The molecule has 7 nitrogen and oxygen atoms in total. The van der Waals surface area contributed by atoms with E-state index in [2.05, 4.69) is 5.32 Å². The maximum atomic E-state index is 12.9. The maximum Gasteiger partial charge on any atom is 0.240 e. The summed E-state index contributed by atoms with van der Waals surface area (Å²) in [5.74, 6) is 0.924. The molecule has 3 N–H and O–H groups in total. The lowest BCUT2D eigenvalue weighted by Crippen LogP contribution is -2.48. The fourth-order valence-corrected chi connectivity index (χ4v) is 3.65. The zero-order chi connectivity index (χ0) is 21.3. The molecule has 2 atom stereocenters. The molecule has 7 heteroatoms. The van der Waals surface area contributed by atoms with Gasteiger partial charge in [-0.25, -0.2) is 0 Å². The number of nitrogens with two attached hydrogens (primary N) is 1. The zero-order valence-corrected chi connectivity index (χ0v) is 16.9. The van der Waals surface area contributed by atoms with E-state index in [9.17, 15) is 9.59 Å². The first-order chi connectivity index (χ1) is 14.5. The Bertz CT molecular complexity index is 1090. The van der Waals surface area contributed by atoms with Gasteiger partial charge in [0.15, 0.2) is 11.5 Å². The van der Waals surface area contributed by atoms with Crippen molar-refractivity contribution in [1.82, 2.24) is 5.32 Å². The van der Waals surface area contributed by atoms with Crippen molar-refractivity contribution in [3.63, 3.8) is 0 Å². The molecular formula is C23H24N2O5. The van der Waals surface area contributed by atoms with Gasteiger partial charge in [0.2, 0.25) is 18.6 Å². The molecule has 30 heavy (non-hydrogen) atoms. The second kappa shape index (κ2) is 8.10. The first-order valence-corrected chi connectivity index (χ1v) is 9.97. The van der Waals surface area contributed by atoms with Gasteiger partial charge in [-0.1, -0.05) is 50.6 Å². The molecule has 0 radical (unpaired) electrons. The Kier molecular flexibility index (Phi) is 5.35. The smallest absolute Gasteiger partial charge is 0.240 e.